The second-order valence-corrected chi connectivity index (χ2v) is 6.56. The highest BCUT2D eigenvalue weighted by Gasteiger charge is 2.18. The number of carbonyl (C=O) groups excluding carboxylic acids is 2. The molecule has 0 fully saturated rings. The van der Waals surface area contributed by atoms with E-state index in [1.54, 1.807) is 7.05 Å². The van der Waals surface area contributed by atoms with E-state index in [0.717, 1.165) is 36.9 Å². The Labute approximate surface area is 148 Å². The van der Waals surface area contributed by atoms with E-state index in [1.165, 1.54) is 16.0 Å². The first-order valence-electron chi connectivity index (χ1n) is 8.83. The summed E-state index contributed by atoms with van der Waals surface area (Å²) in [6.45, 7) is 2.09. The van der Waals surface area contributed by atoms with Gasteiger partial charge in [0.1, 0.15) is 0 Å². The summed E-state index contributed by atoms with van der Waals surface area (Å²) in [5.41, 5.74) is 5.16. The first kappa shape index (κ1) is 17.2. The number of aryl methyl sites for hydroxylation is 3. The second-order valence-electron chi connectivity index (χ2n) is 6.56. The van der Waals surface area contributed by atoms with E-state index in [2.05, 4.69) is 12.2 Å². The van der Waals surface area contributed by atoms with Crippen molar-refractivity contribution < 1.29 is 9.59 Å². The fourth-order valence-electron chi connectivity index (χ4n) is 3.35. The summed E-state index contributed by atoms with van der Waals surface area (Å²) in [7, 11) is 1.67. The van der Waals surface area contributed by atoms with E-state index < -0.39 is 0 Å². The second kappa shape index (κ2) is 7.51. The maximum Gasteiger partial charge on any atom is 0.254 e. The van der Waals surface area contributed by atoms with E-state index in [0.29, 0.717) is 5.56 Å². The van der Waals surface area contributed by atoms with Crippen LogP contribution in [0.25, 0.3) is 0 Å². The van der Waals surface area contributed by atoms with Gasteiger partial charge in [-0.1, -0.05) is 31.2 Å². The van der Waals surface area contributed by atoms with Gasteiger partial charge in [-0.25, -0.2) is 0 Å². The maximum absolute atomic E-state index is 12.6. The van der Waals surface area contributed by atoms with Crippen molar-refractivity contribution in [3.8, 4) is 0 Å². The standard InChI is InChI=1S/C21H24N2O2/c1-3-15-7-4-5-10-19(15)22-20(24)14-23(2)21(25)18-12-11-16-8-6-9-17(16)13-18/h4-5,7,10-13H,3,6,8-9,14H2,1-2H3,(H,22,24). The third-order valence-electron chi connectivity index (χ3n) is 4.75. The van der Waals surface area contributed by atoms with Crippen molar-refractivity contribution in [2.45, 2.75) is 32.6 Å². The molecular formula is C21H24N2O2. The molecule has 4 nitrogen and oxygen atoms in total. The van der Waals surface area contributed by atoms with Crippen molar-refractivity contribution in [1.29, 1.82) is 0 Å². The maximum atomic E-state index is 12.6. The molecule has 2 aromatic rings. The van der Waals surface area contributed by atoms with Gasteiger partial charge in [-0.2, -0.15) is 0 Å². The van der Waals surface area contributed by atoms with Crippen LogP contribution < -0.4 is 5.32 Å². The predicted molar refractivity (Wildman–Crippen MR) is 99.9 cm³/mol. The van der Waals surface area contributed by atoms with Crippen molar-refractivity contribution in [3.63, 3.8) is 0 Å². The minimum atomic E-state index is -0.182. The largest absolute Gasteiger partial charge is 0.332 e. The van der Waals surface area contributed by atoms with Crippen LogP contribution in [0.3, 0.4) is 0 Å². The molecular weight excluding hydrogens is 312 g/mol. The van der Waals surface area contributed by atoms with Crippen molar-refractivity contribution in [2.24, 2.45) is 0 Å². The average molecular weight is 336 g/mol. The number of rotatable bonds is 5. The van der Waals surface area contributed by atoms with Crippen LogP contribution in [0, 0.1) is 0 Å². The quantitative estimate of drug-likeness (QED) is 0.909. The highest BCUT2D eigenvalue weighted by atomic mass is 16.2. The summed E-state index contributed by atoms with van der Waals surface area (Å²) < 4.78 is 0. The summed E-state index contributed by atoms with van der Waals surface area (Å²) in [5, 5.41) is 2.91. The van der Waals surface area contributed by atoms with Gasteiger partial charge in [-0.3, -0.25) is 9.59 Å². The monoisotopic (exact) mass is 336 g/mol. The number of fused-ring (bicyclic) bond motifs is 1. The molecule has 0 aliphatic heterocycles. The summed E-state index contributed by atoms with van der Waals surface area (Å²) in [6.07, 6.45) is 4.13. The van der Waals surface area contributed by atoms with Crippen LogP contribution in [0.4, 0.5) is 5.69 Å². The molecule has 3 rings (SSSR count). The van der Waals surface area contributed by atoms with Crippen LogP contribution in [-0.2, 0) is 24.1 Å². The SMILES string of the molecule is CCc1ccccc1NC(=O)CN(C)C(=O)c1ccc2c(c1)CCC2. The van der Waals surface area contributed by atoms with E-state index >= 15 is 0 Å². The number of carbonyl (C=O) groups is 2. The Morgan fingerprint density at radius 2 is 1.84 bits per heavy atom. The molecule has 2 amide bonds. The van der Waals surface area contributed by atoms with Crippen molar-refractivity contribution >= 4 is 17.5 Å². The van der Waals surface area contributed by atoms with Gasteiger partial charge < -0.3 is 10.2 Å². The number of para-hydroxylation sites is 1. The molecule has 1 aliphatic rings. The molecule has 4 heteroatoms. The number of benzene rings is 2. The summed E-state index contributed by atoms with van der Waals surface area (Å²) >= 11 is 0. The molecule has 0 aromatic heterocycles. The number of hydrogen-bond donors (Lipinski definition) is 1. The predicted octanol–water partition coefficient (Wildman–Crippen LogP) is 3.45. The molecule has 0 spiro atoms. The Morgan fingerprint density at radius 1 is 1.08 bits per heavy atom. The Bertz CT molecular complexity index is 798. The van der Waals surface area contributed by atoms with Crippen LogP contribution in [0.5, 0.6) is 0 Å². The number of hydrogen-bond acceptors (Lipinski definition) is 2. The molecule has 25 heavy (non-hydrogen) atoms. The highest BCUT2D eigenvalue weighted by molar-refractivity contribution is 5.99. The van der Waals surface area contributed by atoms with Crippen LogP contribution in [0.15, 0.2) is 42.5 Å². The lowest BCUT2D eigenvalue weighted by Crippen LogP contribution is -2.35. The molecule has 0 heterocycles. The summed E-state index contributed by atoms with van der Waals surface area (Å²) in [5.74, 6) is -0.300. The van der Waals surface area contributed by atoms with Gasteiger partial charge >= 0.3 is 0 Å². The summed E-state index contributed by atoms with van der Waals surface area (Å²) in [6, 6.07) is 13.6. The van der Waals surface area contributed by atoms with Crippen molar-refractivity contribution in [2.75, 3.05) is 18.9 Å². The van der Waals surface area contributed by atoms with E-state index in [4.69, 9.17) is 0 Å². The minimum Gasteiger partial charge on any atom is -0.332 e. The van der Waals surface area contributed by atoms with Crippen molar-refractivity contribution in [1.82, 2.24) is 4.90 Å². The zero-order valence-electron chi connectivity index (χ0n) is 14.8. The molecule has 0 unspecified atom stereocenters. The number of nitrogens with one attached hydrogen (secondary N) is 1. The summed E-state index contributed by atoms with van der Waals surface area (Å²) in [4.78, 5) is 26.4. The molecule has 0 saturated heterocycles. The smallest absolute Gasteiger partial charge is 0.254 e. The third-order valence-corrected chi connectivity index (χ3v) is 4.75. The van der Waals surface area contributed by atoms with Gasteiger partial charge in [0.2, 0.25) is 5.91 Å². The average Bonchev–Trinajstić information content (AvgIpc) is 3.09. The first-order valence-corrected chi connectivity index (χ1v) is 8.83. The lowest BCUT2D eigenvalue weighted by atomic mass is 10.1. The van der Waals surface area contributed by atoms with Crippen molar-refractivity contribution in [3.05, 3.63) is 64.7 Å². The molecule has 0 saturated carbocycles. The number of nitrogens with zero attached hydrogens (tertiary/aromatic N) is 1. The minimum absolute atomic E-state index is 0.0357. The van der Waals surface area contributed by atoms with Crippen LogP contribution in [0.2, 0.25) is 0 Å². The Hall–Kier alpha value is -2.62. The van der Waals surface area contributed by atoms with Crippen LogP contribution in [0.1, 0.15) is 40.4 Å². The highest BCUT2D eigenvalue weighted by Crippen LogP contribution is 2.23. The number of likely N-dealkylation sites (N-methyl/N-ethyl adjacent to an activating group) is 1. The van der Waals surface area contributed by atoms with Crippen LogP contribution >= 0.6 is 0 Å². The van der Waals surface area contributed by atoms with E-state index in [-0.39, 0.29) is 18.4 Å². The Kier molecular flexibility index (Phi) is 5.17. The molecule has 0 atom stereocenters. The molecule has 0 radical (unpaired) electrons. The zero-order chi connectivity index (χ0) is 17.8. The lowest BCUT2D eigenvalue weighted by Gasteiger charge is -2.18. The Morgan fingerprint density at radius 3 is 2.64 bits per heavy atom. The van der Waals surface area contributed by atoms with Gasteiger partial charge in [0, 0.05) is 18.3 Å². The van der Waals surface area contributed by atoms with Gasteiger partial charge in [-0.15, -0.1) is 0 Å². The first-order chi connectivity index (χ1) is 12.1. The van der Waals surface area contributed by atoms with Crippen LogP contribution in [-0.4, -0.2) is 30.3 Å². The molecule has 1 N–H and O–H groups in total. The topological polar surface area (TPSA) is 49.4 Å². The fraction of sp³-hybridized carbons (Fsp3) is 0.333. The fourth-order valence-corrected chi connectivity index (χ4v) is 3.35. The third kappa shape index (κ3) is 3.90. The normalized spacial score (nSPS) is 12.6. The molecule has 1 aliphatic carbocycles. The van der Waals surface area contributed by atoms with Gasteiger partial charge in [0.05, 0.1) is 6.54 Å². The molecule has 130 valence electrons. The van der Waals surface area contributed by atoms with E-state index in [9.17, 15) is 9.59 Å². The van der Waals surface area contributed by atoms with Gasteiger partial charge in [0.25, 0.3) is 5.91 Å². The zero-order valence-corrected chi connectivity index (χ0v) is 14.8. The Balaban J connectivity index is 1.64. The van der Waals surface area contributed by atoms with Gasteiger partial charge in [-0.05, 0) is 60.6 Å². The van der Waals surface area contributed by atoms with E-state index in [1.807, 2.05) is 42.5 Å². The lowest BCUT2D eigenvalue weighted by molar-refractivity contribution is -0.116. The molecule has 2 aromatic carbocycles. The number of amides is 2. The number of anilines is 1. The molecule has 0 bridgehead atoms. The van der Waals surface area contributed by atoms with Gasteiger partial charge in [0.15, 0.2) is 0 Å².